The Balaban J connectivity index is 2.50. The molecule has 16 heavy (non-hydrogen) atoms. The van der Waals surface area contributed by atoms with Crippen LogP contribution in [0, 0.1) is 5.92 Å². The molecule has 1 rings (SSSR count). The van der Waals surface area contributed by atoms with Gasteiger partial charge in [-0.25, -0.2) is 8.42 Å². The average Bonchev–Trinajstić information content (AvgIpc) is 2.56. The molecular formula is C11H24N2O2S. The van der Waals surface area contributed by atoms with Gasteiger partial charge in [0.1, 0.15) is 0 Å². The van der Waals surface area contributed by atoms with Gasteiger partial charge in [-0.15, -0.1) is 0 Å². The van der Waals surface area contributed by atoms with E-state index in [-0.39, 0.29) is 11.0 Å². The minimum atomic E-state index is -2.92. The maximum Gasteiger partial charge on any atom is 0.153 e. The Morgan fingerprint density at radius 1 is 1.44 bits per heavy atom. The zero-order chi connectivity index (χ0) is 12.3. The van der Waals surface area contributed by atoms with Gasteiger partial charge in [0.15, 0.2) is 9.84 Å². The summed E-state index contributed by atoms with van der Waals surface area (Å²) in [5.74, 6) is 0.847. The van der Waals surface area contributed by atoms with Gasteiger partial charge in [0.05, 0.1) is 11.0 Å². The SMILES string of the molecule is CC1CCN(CCS(=O)(=O)C(C)C)C1CN. The molecule has 0 spiro atoms. The molecule has 96 valence electrons. The molecule has 4 nitrogen and oxygen atoms in total. The van der Waals surface area contributed by atoms with Crippen molar-refractivity contribution in [3.05, 3.63) is 0 Å². The summed E-state index contributed by atoms with van der Waals surface area (Å²) in [6, 6.07) is 0.363. The van der Waals surface area contributed by atoms with E-state index in [4.69, 9.17) is 5.73 Å². The van der Waals surface area contributed by atoms with E-state index >= 15 is 0 Å². The standard InChI is InChI=1S/C11H24N2O2S/c1-9(2)16(14,15)7-6-13-5-4-10(3)11(13)8-12/h9-11H,4-8,12H2,1-3H3. The van der Waals surface area contributed by atoms with E-state index in [2.05, 4.69) is 11.8 Å². The zero-order valence-electron chi connectivity index (χ0n) is 10.5. The zero-order valence-corrected chi connectivity index (χ0v) is 11.3. The predicted octanol–water partition coefficient (Wildman–Crippen LogP) is 0.479. The molecule has 5 heteroatoms. The quantitative estimate of drug-likeness (QED) is 0.768. The Labute approximate surface area is 99.1 Å². The fourth-order valence-electron chi connectivity index (χ4n) is 2.23. The van der Waals surface area contributed by atoms with Crippen molar-refractivity contribution in [3.8, 4) is 0 Å². The van der Waals surface area contributed by atoms with Crippen LogP contribution in [0.5, 0.6) is 0 Å². The minimum absolute atomic E-state index is 0.258. The lowest BCUT2D eigenvalue weighted by molar-refractivity contribution is 0.249. The van der Waals surface area contributed by atoms with E-state index in [1.165, 1.54) is 0 Å². The van der Waals surface area contributed by atoms with Gasteiger partial charge in [0.2, 0.25) is 0 Å². The maximum absolute atomic E-state index is 11.7. The molecule has 1 fully saturated rings. The van der Waals surface area contributed by atoms with Crippen LogP contribution < -0.4 is 5.73 Å². The Hall–Kier alpha value is -0.130. The molecule has 1 aliphatic heterocycles. The van der Waals surface area contributed by atoms with Crippen LogP contribution in [0.25, 0.3) is 0 Å². The molecule has 1 aliphatic rings. The van der Waals surface area contributed by atoms with Crippen LogP contribution in [0.3, 0.4) is 0 Å². The molecule has 2 N–H and O–H groups in total. The molecular weight excluding hydrogens is 224 g/mol. The average molecular weight is 248 g/mol. The third kappa shape index (κ3) is 3.18. The summed E-state index contributed by atoms with van der Waals surface area (Å²) < 4.78 is 23.4. The first-order chi connectivity index (χ1) is 7.38. The van der Waals surface area contributed by atoms with Crippen molar-refractivity contribution in [2.24, 2.45) is 11.7 Å². The second-order valence-corrected chi connectivity index (χ2v) is 7.70. The third-order valence-electron chi connectivity index (χ3n) is 3.62. The normalized spacial score (nSPS) is 27.8. The lowest BCUT2D eigenvalue weighted by Gasteiger charge is -2.25. The highest BCUT2D eigenvalue weighted by atomic mass is 32.2. The maximum atomic E-state index is 11.7. The van der Waals surface area contributed by atoms with Crippen molar-refractivity contribution >= 4 is 9.84 Å². The Kier molecular flexibility index (Phi) is 4.76. The molecule has 0 radical (unpaired) electrons. The van der Waals surface area contributed by atoms with Crippen LogP contribution in [0.4, 0.5) is 0 Å². The van der Waals surface area contributed by atoms with Crippen LogP contribution in [-0.4, -0.2) is 50.0 Å². The van der Waals surface area contributed by atoms with Crippen molar-refractivity contribution in [2.75, 3.05) is 25.4 Å². The van der Waals surface area contributed by atoms with Crippen molar-refractivity contribution < 1.29 is 8.42 Å². The number of hydrogen-bond acceptors (Lipinski definition) is 4. The molecule has 2 atom stereocenters. The third-order valence-corrected chi connectivity index (χ3v) is 5.81. The van der Waals surface area contributed by atoms with Gasteiger partial charge < -0.3 is 5.73 Å². The van der Waals surface area contributed by atoms with Crippen molar-refractivity contribution in [3.63, 3.8) is 0 Å². The fourth-order valence-corrected chi connectivity index (χ4v) is 3.19. The summed E-state index contributed by atoms with van der Waals surface area (Å²) >= 11 is 0. The van der Waals surface area contributed by atoms with Crippen molar-refractivity contribution in [2.45, 2.75) is 38.5 Å². The lowest BCUT2D eigenvalue weighted by Crippen LogP contribution is -2.41. The molecule has 2 unspecified atom stereocenters. The van der Waals surface area contributed by atoms with Crippen LogP contribution in [0.1, 0.15) is 27.2 Å². The van der Waals surface area contributed by atoms with E-state index in [9.17, 15) is 8.42 Å². The highest BCUT2D eigenvalue weighted by Crippen LogP contribution is 2.22. The Morgan fingerprint density at radius 2 is 2.06 bits per heavy atom. The molecule has 0 saturated carbocycles. The van der Waals surface area contributed by atoms with Crippen LogP contribution in [-0.2, 0) is 9.84 Å². The van der Waals surface area contributed by atoms with Crippen molar-refractivity contribution in [1.29, 1.82) is 0 Å². The first kappa shape index (κ1) is 13.9. The summed E-state index contributed by atoms with van der Waals surface area (Å²) in [5.41, 5.74) is 5.72. The Bertz CT molecular complexity index is 314. The summed E-state index contributed by atoms with van der Waals surface area (Å²) in [7, 11) is -2.92. The summed E-state index contributed by atoms with van der Waals surface area (Å²) in [5, 5.41) is -0.274. The second-order valence-electron chi connectivity index (χ2n) is 5.02. The number of nitrogens with two attached hydrogens (primary N) is 1. The molecule has 1 saturated heterocycles. The van der Waals surface area contributed by atoms with Gasteiger partial charge in [0.25, 0.3) is 0 Å². The number of rotatable bonds is 5. The second kappa shape index (κ2) is 5.47. The van der Waals surface area contributed by atoms with E-state index < -0.39 is 9.84 Å². The van der Waals surface area contributed by atoms with Gasteiger partial charge in [0, 0.05) is 19.1 Å². The van der Waals surface area contributed by atoms with E-state index in [1.807, 2.05) is 0 Å². The van der Waals surface area contributed by atoms with E-state index in [0.717, 1.165) is 13.0 Å². The number of nitrogens with zero attached hydrogens (tertiary/aromatic N) is 1. The molecule has 0 aliphatic carbocycles. The number of likely N-dealkylation sites (tertiary alicyclic amines) is 1. The smallest absolute Gasteiger partial charge is 0.153 e. The monoisotopic (exact) mass is 248 g/mol. The molecule has 0 aromatic heterocycles. The first-order valence-corrected chi connectivity index (χ1v) is 7.75. The summed E-state index contributed by atoms with van der Waals surface area (Å²) in [4.78, 5) is 2.23. The topological polar surface area (TPSA) is 63.4 Å². The highest BCUT2D eigenvalue weighted by molar-refractivity contribution is 7.92. The first-order valence-electron chi connectivity index (χ1n) is 6.04. The van der Waals surface area contributed by atoms with Gasteiger partial charge >= 0.3 is 0 Å². The molecule has 1 heterocycles. The van der Waals surface area contributed by atoms with Crippen molar-refractivity contribution in [1.82, 2.24) is 4.90 Å². The van der Waals surface area contributed by atoms with Gasteiger partial charge in [-0.1, -0.05) is 6.92 Å². The van der Waals surface area contributed by atoms with E-state index in [0.29, 0.717) is 25.0 Å². The summed E-state index contributed by atoms with van der Waals surface area (Å²) in [6.45, 7) is 7.91. The van der Waals surface area contributed by atoms with Crippen LogP contribution in [0.2, 0.25) is 0 Å². The lowest BCUT2D eigenvalue weighted by atomic mass is 10.0. The number of sulfone groups is 1. The largest absolute Gasteiger partial charge is 0.329 e. The van der Waals surface area contributed by atoms with Gasteiger partial charge in [-0.2, -0.15) is 0 Å². The molecule has 0 bridgehead atoms. The molecule has 0 amide bonds. The predicted molar refractivity (Wildman–Crippen MR) is 67.1 cm³/mol. The van der Waals surface area contributed by atoms with Crippen LogP contribution in [0.15, 0.2) is 0 Å². The molecule has 0 aromatic rings. The minimum Gasteiger partial charge on any atom is -0.329 e. The fraction of sp³-hybridized carbons (Fsp3) is 1.00. The van der Waals surface area contributed by atoms with Gasteiger partial charge in [-0.05, 0) is 32.7 Å². The summed E-state index contributed by atoms with van der Waals surface area (Å²) in [6.07, 6.45) is 1.13. The van der Waals surface area contributed by atoms with Crippen LogP contribution >= 0.6 is 0 Å². The number of hydrogen-bond donors (Lipinski definition) is 1. The Morgan fingerprint density at radius 3 is 2.56 bits per heavy atom. The highest BCUT2D eigenvalue weighted by Gasteiger charge is 2.30. The molecule has 0 aromatic carbocycles. The van der Waals surface area contributed by atoms with Gasteiger partial charge in [-0.3, -0.25) is 4.90 Å². The van der Waals surface area contributed by atoms with E-state index in [1.54, 1.807) is 13.8 Å².